The van der Waals surface area contributed by atoms with Crippen molar-refractivity contribution in [1.82, 2.24) is 9.80 Å². The lowest BCUT2D eigenvalue weighted by Gasteiger charge is -2.38. The minimum atomic E-state index is -3.26. The van der Waals surface area contributed by atoms with Gasteiger partial charge in [-0.05, 0) is 68.1 Å². The average molecular weight is 567 g/mol. The standard InChI is InChI=1S/C25H33F2N3O3S.2ClH/c1-3-30(25(31)14-18-4-6-23(7-5-18)34(2,32)33)22-8-11-29(12-9-22)13-10-24(28)19-15-20(26)17-21(27)16-19;;/h4-7,15-17,22,24H,3,8-14,28H2,1-2H3;2*1H. The second kappa shape index (κ2) is 14.2. The summed E-state index contributed by atoms with van der Waals surface area (Å²) in [4.78, 5) is 17.4. The van der Waals surface area contributed by atoms with Crippen molar-refractivity contribution in [3.05, 3.63) is 65.2 Å². The maximum Gasteiger partial charge on any atom is 0.227 e. The van der Waals surface area contributed by atoms with Crippen molar-refractivity contribution in [3.8, 4) is 0 Å². The van der Waals surface area contributed by atoms with Crippen molar-refractivity contribution in [2.75, 3.05) is 32.4 Å². The Balaban J connectivity index is 0.00000324. The van der Waals surface area contributed by atoms with Crippen molar-refractivity contribution in [2.24, 2.45) is 5.73 Å². The lowest BCUT2D eigenvalue weighted by molar-refractivity contribution is -0.133. The molecule has 2 aromatic rings. The van der Waals surface area contributed by atoms with Gasteiger partial charge in [-0.15, -0.1) is 24.8 Å². The lowest BCUT2D eigenvalue weighted by Crippen LogP contribution is -2.48. The molecule has 1 heterocycles. The topological polar surface area (TPSA) is 83.7 Å². The minimum absolute atomic E-state index is 0. The molecule has 1 fully saturated rings. The number of sulfone groups is 1. The molecule has 11 heteroatoms. The van der Waals surface area contributed by atoms with E-state index in [2.05, 4.69) is 4.90 Å². The Morgan fingerprint density at radius 3 is 2.14 bits per heavy atom. The van der Waals surface area contributed by atoms with Crippen LogP contribution in [0.3, 0.4) is 0 Å². The quantitative estimate of drug-likeness (QED) is 0.493. The fraction of sp³-hybridized carbons (Fsp3) is 0.480. The van der Waals surface area contributed by atoms with E-state index in [-0.39, 0.29) is 48.1 Å². The first-order chi connectivity index (χ1) is 16.1. The molecule has 1 saturated heterocycles. The first-order valence-electron chi connectivity index (χ1n) is 11.6. The third-order valence-electron chi connectivity index (χ3n) is 6.44. The van der Waals surface area contributed by atoms with E-state index >= 15 is 0 Å². The van der Waals surface area contributed by atoms with Crippen LogP contribution in [0.15, 0.2) is 47.4 Å². The predicted octanol–water partition coefficient (Wildman–Crippen LogP) is 4.16. The second-order valence-corrected chi connectivity index (χ2v) is 11.0. The number of piperidine rings is 1. The Kier molecular flexibility index (Phi) is 12.8. The van der Waals surface area contributed by atoms with Crippen molar-refractivity contribution in [2.45, 2.75) is 49.6 Å². The van der Waals surface area contributed by atoms with Crippen LogP contribution in [0.4, 0.5) is 8.78 Å². The van der Waals surface area contributed by atoms with E-state index in [4.69, 9.17) is 5.73 Å². The molecule has 2 aromatic carbocycles. The van der Waals surface area contributed by atoms with Crippen LogP contribution in [0.1, 0.15) is 43.4 Å². The monoisotopic (exact) mass is 565 g/mol. The summed E-state index contributed by atoms with van der Waals surface area (Å²) in [6, 6.07) is 9.56. The largest absolute Gasteiger partial charge is 0.340 e. The van der Waals surface area contributed by atoms with Gasteiger partial charge in [-0.3, -0.25) is 4.79 Å². The maximum atomic E-state index is 13.4. The number of rotatable bonds is 9. The van der Waals surface area contributed by atoms with Gasteiger partial charge in [-0.25, -0.2) is 17.2 Å². The number of nitrogens with two attached hydrogens (primary N) is 1. The van der Waals surface area contributed by atoms with Gasteiger partial charge in [0.1, 0.15) is 11.6 Å². The van der Waals surface area contributed by atoms with Crippen LogP contribution in [0.5, 0.6) is 0 Å². The molecule has 0 radical (unpaired) electrons. The highest BCUT2D eigenvalue weighted by molar-refractivity contribution is 7.90. The minimum Gasteiger partial charge on any atom is -0.340 e. The van der Waals surface area contributed by atoms with Crippen molar-refractivity contribution < 1.29 is 22.0 Å². The Hall–Kier alpha value is -1.78. The number of likely N-dealkylation sites (tertiary alicyclic amines) is 1. The highest BCUT2D eigenvalue weighted by atomic mass is 35.5. The van der Waals surface area contributed by atoms with Crippen LogP contribution < -0.4 is 5.73 Å². The number of amides is 1. The van der Waals surface area contributed by atoms with Gasteiger partial charge in [0.15, 0.2) is 9.84 Å². The van der Waals surface area contributed by atoms with E-state index in [9.17, 15) is 22.0 Å². The SMILES string of the molecule is CCN(C(=O)Cc1ccc(S(C)(=O)=O)cc1)C1CCN(CCC(N)c2cc(F)cc(F)c2)CC1.Cl.Cl. The molecule has 36 heavy (non-hydrogen) atoms. The first-order valence-corrected chi connectivity index (χ1v) is 13.5. The predicted molar refractivity (Wildman–Crippen MR) is 143 cm³/mol. The second-order valence-electron chi connectivity index (χ2n) is 8.94. The summed E-state index contributed by atoms with van der Waals surface area (Å²) in [6.07, 6.45) is 3.67. The number of halogens is 4. The molecule has 0 saturated carbocycles. The summed E-state index contributed by atoms with van der Waals surface area (Å²) in [7, 11) is -3.26. The van der Waals surface area contributed by atoms with Crippen molar-refractivity contribution in [3.63, 3.8) is 0 Å². The summed E-state index contributed by atoms with van der Waals surface area (Å²) in [5.74, 6) is -1.22. The number of carbonyl (C=O) groups is 1. The van der Waals surface area contributed by atoms with Crippen LogP contribution in [-0.4, -0.2) is 62.6 Å². The molecule has 0 bridgehead atoms. The van der Waals surface area contributed by atoms with E-state index < -0.39 is 27.5 Å². The average Bonchev–Trinajstić information content (AvgIpc) is 2.78. The van der Waals surface area contributed by atoms with Crippen molar-refractivity contribution >= 4 is 40.6 Å². The summed E-state index contributed by atoms with van der Waals surface area (Å²) in [5, 5.41) is 0. The third-order valence-corrected chi connectivity index (χ3v) is 7.56. The fourth-order valence-corrected chi connectivity index (χ4v) is 5.13. The maximum absolute atomic E-state index is 13.4. The summed E-state index contributed by atoms with van der Waals surface area (Å²) in [6.45, 7) is 4.94. The third kappa shape index (κ3) is 8.95. The van der Waals surface area contributed by atoms with Crippen molar-refractivity contribution in [1.29, 1.82) is 0 Å². The van der Waals surface area contributed by atoms with Crippen LogP contribution in [-0.2, 0) is 21.1 Å². The molecule has 202 valence electrons. The van der Waals surface area contributed by atoms with Gasteiger partial charge in [-0.2, -0.15) is 0 Å². The molecule has 1 atom stereocenters. The fourth-order valence-electron chi connectivity index (χ4n) is 4.50. The van der Waals surface area contributed by atoms with Gasteiger partial charge >= 0.3 is 0 Å². The van der Waals surface area contributed by atoms with Gasteiger partial charge in [0.2, 0.25) is 5.91 Å². The molecule has 1 aliphatic heterocycles. The zero-order valence-corrected chi connectivity index (χ0v) is 23.0. The number of nitrogens with zero attached hydrogens (tertiary/aromatic N) is 2. The van der Waals surface area contributed by atoms with Crippen LogP contribution in [0.25, 0.3) is 0 Å². The number of hydrogen-bond donors (Lipinski definition) is 1. The normalized spacial score (nSPS) is 15.5. The van der Waals surface area contributed by atoms with Crippen LogP contribution in [0, 0.1) is 11.6 Å². The Morgan fingerprint density at radius 2 is 1.64 bits per heavy atom. The molecule has 0 aromatic heterocycles. The Bertz CT molecular complexity index is 1080. The lowest BCUT2D eigenvalue weighted by atomic mass is 10.00. The first kappa shape index (κ1) is 32.2. The molecule has 0 spiro atoms. The number of likely N-dealkylation sites (N-methyl/N-ethyl adjacent to an activating group) is 1. The molecule has 3 rings (SSSR count). The van der Waals surface area contributed by atoms with Crippen LogP contribution in [0.2, 0.25) is 0 Å². The summed E-state index contributed by atoms with van der Waals surface area (Å²) >= 11 is 0. The molecule has 1 aliphatic rings. The van der Waals surface area contributed by atoms with E-state index in [0.29, 0.717) is 18.5 Å². The molecule has 6 nitrogen and oxygen atoms in total. The van der Waals surface area contributed by atoms with Gasteiger partial charge in [0, 0.05) is 44.0 Å². The highest BCUT2D eigenvalue weighted by Crippen LogP contribution is 2.21. The Morgan fingerprint density at radius 1 is 1.08 bits per heavy atom. The molecular formula is C25H35Cl2F2N3O3S. The van der Waals surface area contributed by atoms with E-state index in [1.165, 1.54) is 24.3 Å². The van der Waals surface area contributed by atoms with E-state index in [1.807, 2.05) is 11.8 Å². The van der Waals surface area contributed by atoms with Gasteiger partial charge in [0.25, 0.3) is 0 Å². The zero-order chi connectivity index (χ0) is 24.9. The molecule has 1 amide bonds. The number of benzene rings is 2. The zero-order valence-electron chi connectivity index (χ0n) is 20.5. The molecule has 0 aliphatic carbocycles. The van der Waals surface area contributed by atoms with Gasteiger partial charge < -0.3 is 15.5 Å². The summed E-state index contributed by atoms with van der Waals surface area (Å²) in [5.41, 5.74) is 7.39. The molecule has 1 unspecified atom stereocenters. The van der Waals surface area contributed by atoms with Gasteiger partial charge in [-0.1, -0.05) is 12.1 Å². The number of hydrogen-bond acceptors (Lipinski definition) is 5. The van der Waals surface area contributed by atoms with Crippen LogP contribution >= 0.6 is 24.8 Å². The number of carbonyl (C=O) groups excluding carboxylic acids is 1. The smallest absolute Gasteiger partial charge is 0.227 e. The summed E-state index contributed by atoms with van der Waals surface area (Å²) < 4.78 is 50.1. The van der Waals surface area contributed by atoms with E-state index in [1.54, 1.807) is 12.1 Å². The van der Waals surface area contributed by atoms with Gasteiger partial charge in [0.05, 0.1) is 11.3 Å². The Labute approximate surface area is 225 Å². The highest BCUT2D eigenvalue weighted by Gasteiger charge is 2.27. The van der Waals surface area contributed by atoms with E-state index in [0.717, 1.165) is 50.4 Å². The molecular weight excluding hydrogens is 531 g/mol. The molecule has 2 N–H and O–H groups in total.